The Kier molecular flexibility index (Phi) is 3.00. The number of rotatable bonds is 4. The van der Waals surface area contributed by atoms with Gasteiger partial charge in [0.25, 0.3) is 11.8 Å². The largest absolute Gasteiger partial charge is 0.464 e. The maximum Gasteiger partial charge on any atom is 0.277 e. The molecule has 1 aromatic carbocycles. The molecule has 0 fully saturated rings. The average Bonchev–Trinajstić information content (AvgIpc) is 3.00. The fourth-order valence-corrected chi connectivity index (χ4v) is 2.16. The first kappa shape index (κ1) is 12.4. The molecule has 20 heavy (non-hydrogen) atoms. The summed E-state index contributed by atoms with van der Waals surface area (Å²) in [5.74, 6) is -0.865. The van der Waals surface area contributed by atoms with E-state index in [-0.39, 0.29) is 18.8 Å². The van der Waals surface area contributed by atoms with E-state index in [0.717, 1.165) is 10.3 Å². The molecule has 2 amide bonds. The molecule has 2 N–H and O–H groups in total. The first-order chi connectivity index (χ1) is 9.70. The second kappa shape index (κ2) is 4.82. The third-order valence-electron chi connectivity index (χ3n) is 3.10. The van der Waals surface area contributed by atoms with Gasteiger partial charge in [0.15, 0.2) is 0 Å². The van der Waals surface area contributed by atoms with E-state index in [1.165, 1.54) is 6.08 Å². The predicted octanol–water partition coefficient (Wildman–Crippen LogP) is 1.09. The fraction of sp³-hybridized carbons (Fsp3) is 0.143. The lowest BCUT2D eigenvalue weighted by Gasteiger charge is -2.13. The fourth-order valence-electron chi connectivity index (χ4n) is 2.16. The van der Waals surface area contributed by atoms with Gasteiger partial charge in [0.1, 0.15) is 11.3 Å². The van der Waals surface area contributed by atoms with E-state index in [2.05, 4.69) is 5.32 Å². The topological polar surface area (TPSA) is 82.8 Å². The Bertz CT molecular complexity index is 717. The summed E-state index contributed by atoms with van der Waals surface area (Å²) in [6.07, 6.45) is 2.79. The molecule has 0 saturated carbocycles. The molecule has 0 bridgehead atoms. The minimum absolute atomic E-state index is 0.00470. The van der Waals surface area contributed by atoms with Crippen LogP contribution in [-0.2, 0) is 9.59 Å². The van der Waals surface area contributed by atoms with Crippen LogP contribution in [0.4, 0.5) is 5.69 Å². The van der Waals surface area contributed by atoms with Crippen LogP contribution in [0.3, 0.4) is 0 Å². The van der Waals surface area contributed by atoms with Crippen LogP contribution < -0.4 is 5.32 Å². The van der Waals surface area contributed by atoms with Crippen LogP contribution in [0.2, 0.25) is 0 Å². The van der Waals surface area contributed by atoms with E-state index >= 15 is 0 Å². The second-order valence-electron chi connectivity index (χ2n) is 4.34. The number of aliphatic hydroxyl groups excluding tert-OH is 1. The molecule has 2 aromatic rings. The lowest BCUT2D eigenvalue weighted by molar-refractivity contribution is -0.137. The zero-order valence-corrected chi connectivity index (χ0v) is 10.5. The minimum atomic E-state index is -0.440. The highest BCUT2D eigenvalue weighted by atomic mass is 16.3. The summed E-state index contributed by atoms with van der Waals surface area (Å²) in [6.45, 7) is -0.259. The first-order valence-corrected chi connectivity index (χ1v) is 6.12. The number of carbonyl (C=O) groups is 2. The van der Waals surface area contributed by atoms with Crippen molar-refractivity contribution in [2.45, 2.75) is 0 Å². The number of β-amino-alcohol motifs (C(OH)–C–C–N with tert-alkyl or cyclic N) is 1. The Balaban J connectivity index is 1.89. The maximum absolute atomic E-state index is 12.0. The standard InChI is InChI=1S/C14H12N2O4/c17-6-5-16-13(18)8-11(14(16)19)15-10-2-1-3-12-9(10)4-7-20-12/h1-4,7-8,15,17H,5-6H2. The van der Waals surface area contributed by atoms with Gasteiger partial charge in [0, 0.05) is 17.1 Å². The van der Waals surface area contributed by atoms with E-state index < -0.39 is 11.8 Å². The molecule has 0 atom stereocenters. The highest BCUT2D eigenvalue weighted by Gasteiger charge is 2.30. The van der Waals surface area contributed by atoms with Crippen LogP contribution in [0, 0.1) is 0 Å². The molecule has 1 aliphatic heterocycles. The summed E-state index contributed by atoms with van der Waals surface area (Å²) in [4.78, 5) is 24.7. The van der Waals surface area contributed by atoms with Gasteiger partial charge in [-0.15, -0.1) is 0 Å². The summed E-state index contributed by atoms with van der Waals surface area (Å²) < 4.78 is 5.28. The third kappa shape index (κ3) is 1.96. The molecule has 6 nitrogen and oxygen atoms in total. The van der Waals surface area contributed by atoms with Crippen molar-refractivity contribution in [2.24, 2.45) is 0 Å². The number of anilines is 1. The van der Waals surface area contributed by atoms with Crippen molar-refractivity contribution in [1.29, 1.82) is 0 Å². The molecule has 1 aliphatic rings. The maximum atomic E-state index is 12.0. The van der Waals surface area contributed by atoms with Gasteiger partial charge < -0.3 is 14.8 Å². The number of nitrogens with one attached hydrogen (secondary N) is 1. The Labute approximate surface area is 114 Å². The number of hydrogen-bond donors (Lipinski definition) is 2. The molecule has 102 valence electrons. The number of aliphatic hydroxyl groups is 1. The van der Waals surface area contributed by atoms with Gasteiger partial charge in [0.05, 0.1) is 19.4 Å². The molecule has 0 radical (unpaired) electrons. The van der Waals surface area contributed by atoms with Gasteiger partial charge in [-0.3, -0.25) is 14.5 Å². The van der Waals surface area contributed by atoms with Crippen LogP contribution in [-0.4, -0.2) is 35.0 Å². The summed E-state index contributed by atoms with van der Waals surface area (Å²) in [6, 6.07) is 7.19. The zero-order chi connectivity index (χ0) is 14.1. The SMILES string of the molecule is O=C1C=C(Nc2cccc3occc23)C(=O)N1CCO. The number of amides is 2. The zero-order valence-electron chi connectivity index (χ0n) is 10.5. The van der Waals surface area contributed by atoms with Crippen LogP contribution in [0.25, 0.3) is 11.0 Å². The molecular weight excluding hydrogens is 260 g/mol. The summed E-state index contributed by atoms with van der Waals surface area (Å²) in [5.41, 5.74) is 1.58. The molecule has 0 spiro atoms. The summed E-state index contributed by atoms with van der Waals surface area (Å²) >= 11 is 0. The van der Waals surface area contributed by atoms with Gasteiger partial charge in [-0.1, -0.05) is 6.07 Å². The van der Waals surface area contributed by atoms with Crippen molar-refractivity contribution in [3.63, 3.8) is 0 Å². The second-order valence-corrected chi connectivity index (χ2v) is 4.34. The van der Waals surface area contributed by atoms with Crippen molar-refractivity contribution in [3.8, 4) is 0 Å². The van der Waals surface area contributed by atoms with Crippen molar-refractivity contribution < 1.29 is 19.1 Å². The smallest absolute Gasteiger partial charge is 0.277 e. The molecule has 3 rings (SSSR count). The normalized spacial score (nSPS) is 15.1. The number of imide groups is 1. The molecule has 0 aliphatic carbocycles. The number of carbonyl (C=O) groups excluding carboxylic acids is 2. The van der Waals surface area contributed by atoms with Crippen LogP contribution in [0.5, 0.6) is 0 Å². The number of hydrogen-bond acceptors (Lipinski definition) is 5. The summed E-state index contributed by atoms with van der Waals surface area (Å²) in [7, 11) is 0. The van der Waals surface area contributed by atoms with Crippen LogP contribution in [0.1, 0.15) is 0 Å². The monoisotopic (exact) mass is 272 g/mol. The van der Waals surface area contributed by atoms with E-state index in [0.29, 0.717) is 11.3 Å². The van der Waals surface area contributed by atoms with Crippen molar-refractivity contribution in [2.75, 3.05) is 18.5 Å². The van der Waals surface area contributed by atoms with E-state index in [1.54, 1.807) is 24.5 Å². The molecular formula is C14H12N2O4. The Morgan fingerprint density at radius 3 is 2.90 bits per heavy atom. The van der Waals surface area contributed by atoms with E-state index in [1.807, 2.05) is 6.07 Å². The predicted molar refractivity (Wildman–Crippen MR) is 71.7 cm³/mol. The van der Waals surface area contributed by atoms with Crippen molar-refractivity contribution >= 4 is 28.5 Å². The van der Waals surface area contributed by atoms with Crippen molar-refractivity contribution in [1.82, 2.24) is 4.90 Å². The lowest BCUT2D eigenvalue weighted by atomic mass is 10.2. The Hall–Kier alpha value is -2.60. The van der Waals surface area contributed by atoms with Gasteiger partial charge in [-0.05, 0) is 18.2 Å². The van der Waals surface area contributed by atoms with Gasteiger partial charge in [-0.25, -0.2) is 0 Å². The minimum Gasteiger partial charge on any atom is -0.464 e. The molecule has 6 heteroatoms. The van der Waals surface area contributed by atoms with E-state index in [9.17, 15) is 9.59 Å². The highest BCUT2D eigenvalue weighted by Crippen LogP contribution is 2.26. The van der Waals surface area contributed by atoms with Gasteiger partial charge in [0.2, 0.25) is 0 Å². The molecule has 0 unspecified atom stereocenters. The number of benzene rings is 1. The average molecular weight is 272 g/mol. The van der Waals surface area contributed by atoms with E-state index in [4.69, 9.17) is 9.52 Å². The van der Waals surface area contributed by atoms with Crippen molar-refractivity contribution in [3.05, 3.63) is 42.3 Å². The Morgan fingerprint density at radius 1 is 1.25 bits per heavy atom. The molecule has 0 saturated heterocycles. The van der Waals surface area contributed by atoms with Gasteiger partial charge in [-0.2, -0.15) is 0 Å². The Morgan fingerprint density at radius 2 is 2.10 bits per heavy atom. The molecule has 1 aromatic heterocycles. The quantitative estimate of drug-likeness (QED) is 0.814. The third-order valence-corrected chi connectivity index (χ3v) is 3.10. The van der Waals surface area contributed by atoms with Gasteiger partial charge >= 0.3 is 0 Å². The summed E-state index contributed by atoms with van der Waals surface area (Å²) in [5, 5.41) is 12.6. The first-order valence-electron chi connectivity index (χ1n) is 6.12. The lowest BCUT2D eigenvalue weighted by Crippen LogP contribution is -2.34. The highest BCUT2D eigenvalue weighted by molar-refractivity contribution is 6.18. The number of nitrogens with zero attached hydrogens (tertiary/aromatic N) is 1. The number of furan rings is 1. The number of fused-ring (bicyclic) bond motifs is 1. The van der Waals surface area contributed by atoms with Crippen LogP contribution in [0.15, 0.2) is 46.7 Å². The molecule has 2 heterocycles. The van der Waals surface area contributed by atoms with Crippen LogP contribution >= 0.6 is 0 Å².